The third-order valence-corrected chi connectivity index (χ3v) is 2.23. The average Bonchev–Trinajstić information content (AvgIpc) is 2.18. The Labute approximate surface area is 78.0 Å². The van der Waals surface area contributed by atoms with Gasteiger partial charge in [-0.05, 0) is 23.4 Å². The quantitative estimate of drug-likeness (QED) is 0.376. The van der Waals surface area contributed by atoms with Crippen molar-refractivity contribution in [3.8, 4) is 0 Å². The molecule has 1 rings (SSSR count). The van der Waals surface area contributed by atoms with Crippen LogP contribution >= 0.6 is 0 Å². The third-order valence-electron chi connectivity index (χ3n) is 2.23. The van der Waals surface area contributed by atoms with E-state index in [2.05, 4.69) is 23.9 Å². The first kappa shape index (κ1) is 9.62. The van der Waals surface area contributed by atoms with Crippen LogP contribution in [0.2, 0.25) is 0 Å². The van der Waals surface area contributed by atoms with Crippen molar-refractivity contribution < 1.29 is 0 Å². The summed E-state index contributed by atoms with van der Waals surface area (Å²) in [6, 6.07) is 7.72. The summed E-state index contributed by atoms with van der Waals surface area (Å²) in [5, 5.41) is 3.51. The molecule has 0 aliphatic rings. The molecule has 0 aromatic heterocycles. The molecule has 0 aliphatic carbocycles. The highest BCUT2D eigenvalue weighted by molar-refractivity contribution is 5.39. The molecule has 0 saturated carbocycles. The summed E-state index contributed by atoms with van der Waals surface area (Å²) in [6.07, 6.45) is 1.13. The molecule has 3 nitrogen and oxygen atoms in total. The summed E-state index contributed by atoms with van der Waals surface area (Å²) in [5.41, 5.74) is 10.2. The SMILES string of the molecule is CCC(C)c1ccc(N=[N+]=[N-])cc1. The molecule has 68 valence electrons. The zero-order valence-electron chi connectivity index (χ0n) is 7.94. The Balaban J connectivity index is 2.86. The summed E-state index contributed by atoms with van der Waals surface area (Å²) in [6.45, 7) is 4.34. The minimum absolute atomic E-state index is 0.570. The zero-order valence-corrected chi connectivity index (χ0v) is 7.94. The minimum atomic E-state index is 0.570. The highest BCUT2D eigenvalue weighted by atomic mass is 15.1. The molecule has 1 aromatic carbocycles. The van der Waals surface area contributed by atoms with E-state index in [1.807, 2.05) is 24.3 Å². The molecule has 0 amide bonds. The predicted octanol–water partition coefficient (Wildman–Crippen LogP) is 4.14. The Morgan fingerprint density at radius 3 is 2.46 bits per heavy atom. The number of nitrogens with zero attached hydrogens (tertiary/aromatic N) is 3. The Kier molecular flexibility index (Phi) is 3.35. The maximum absolute atomic E-state index is 8.20. The molecular formula is C10H13N3. The molecule has 1 unspecified atom stereocenters. The van der Waals surface area contributed by atoms with Crippen molar-refractivity contribution in [2.45, 2.75) is 26.2 Å². The Hall–Kier alpha value is -1.47. The smallest absolute Gasteiger partial charge is 0.0375 e. The monoisotopic (exact) mass is 175 g/mol. The van der Waals surface area contributed by atoms with Crippen LogP contribution in [0.15, 0.2) is 29.4 Å². The van der Waals surface area contributed by atoms with Gasteiger partial charge in [-0.3, -0.25) is 0 Å². The van der Waals surface area contributed by atoms with Gasteiger partial charge in [0.1, 0.15) is 0 Å². The minimum Gasteiger partial charge on any atom is -0.0648 e. The van der Waals surface area contributed by atoms with E-state index in [9.17, 15) is 0 Å². The van der Waals surface area contributed by atoms with Crippen molar-refractivity contribution >= 4 is 5.69 Å². The Morgan fingerprint density at radius 2 is 2.00 bits per heavy atom. The summed E-state index contributed by atoms with van der Waals surface area (Å²) in [5.74, 6) is 0.570. The number of azide groups is 1. The molecule has 13 heavy (non-hydrogen) atoms. The topological polar surface area (TPSA) is 48.8 Å². The van der Waals surface area contributed by atoms with E-state index in [4.69, 9.17) is 5.53 Å². The summed E-state index contributed by atoms with van der Waals surface area (Å²) >= 11 is 0. The highest BCUT2D eigenvalue weighted by Crippen LogP contribution is 2.21. The lowest BCUT2D eigenvalue weighted by molar-refractivity contribution is 0.734. The first-order chi connectivity index (χ1) is 6.27. The van der Waals surface area contributed by atoms with E-state index in [0.29, 0.717) is 11.6 Å². The molecule has 1 atom stereocenters. The van der Waals surface area contributed by atoms with Crippen LogP contribution in [0.5, 0.6) is 0 Å². The van der Waals surface area contributed by atoms with Gasteiger partial charge in [0.2, 0.25) is 0 Å². The second-order valence-electron chi connectivity index (χ2n) is 3.09. The average molecular weight is 175 g/mol. The molecule has 0 heterocycles. The van der Waals surface area contributed by atoms with Gasteiger partial charge in [-0.2, -0.15) is 0 Å². The van der Waals surface area contributed by atoms with E-state index in [1.165, 1.54) is 5.56 Å². The standard InChI is InChI=1S/C10H13N3/c1-3-8(2)9-4-6-10(7-5-9)12-13-11/h4-8H,3H2,1-2H3. The van der Waals surface area contributed by atoms with E-state index >= 15 is 0 Å². The molecule has 1 aromatic rings. The van der Waals surface area contributed by atoms with Crippen LogP contribution in [-0.2, 0) is 0 Å². The lowest BCUT2D eigenvalue weighted by Gasteiger charge is -2.07. The van der Waals surface area contributed by atoms with Gasteiger partial charge in [-0.25, -0.2) is 0 Å². The van der Waals surface area contributed by atoms with E-state index in [0.717, 1.165) is 6.42 Å². The molecule has 0 fully saturated rings. The summed E-state index contributed by atoms with van der Waals surface area (Å²) in [7, 11) is 0. The summed E-state index contributed by atoms with van der Waals surface area (Å²) in [4.78, 5) is 2.73. The molecule has 0 radical (unpaired) electrons. The normalized spacial score (nSPS) is 11.8. The number of rotatable bonds is 3. The van der Waals surface area contributed by atoms with Crippen LogP contribution in [0.1, 0.15) is 31.7 Å². The van der Waals surface area contributed by atoms with Crippen LogP contribution < -0.4 is 0 Å². The van der Waals surface area contributed by atoms with Gasteiger partial charge in [0.05, 0.1) is 0 Å². The molecular weight excluding hydrogens is 162 g/mol. The molecule has 3 heteroatoms. The van der Waals surface area contributed by atoms with Crippen molar-refractivity contribution in [1.29, 1.82) is 0 Å². The molecule has 0 N–H and O–H groups in total. The van der Waals surface area contributed by atoms with Gasteiger partial charge >= 0.3 is 0 Å². The maximum Gasteiger partial charge on any atom is 0.0375 e. The lowest BCUT2D eigenvalue weighted by Crippen LogP contribution is -1.89. The van der Waals surface area contributed by atoms with Crippen LogP contribution in [0, 0.1) is 0 Å². The van der Waals surface area contributed by atoms with Gasteiger partial charge in [0.25, 0.3) is 0 Å². The highest BCUT2D eigenvalue weighted by Gasteiger charge is 2.00. The van der Waals surface area contributed by atoms with E-state index < -0.39 is 0 Å². The second-order valence-corrected chi connectivity index (χ2v) is 3.09. The first-order valence-corrected chi connectivity index (χ1v) is 4.43. The molecule has 0 saturated heterocycles. The Bertz CT molecular complexity index is 309. The van der Waals surface area contributed by atoms with Gasteiger partial charge < -0.3 is 0 Å². The van der Waals surface area contributed by atoms with Crippen LogP contribution in [-0.4, -0.2) is 0 Å². The van der Waals surface area contributed by atoms with Crippen LogP contribution in [0.4, 0.5) is 5.69 Å². The van der Waals surface area contributed by atoms with E-state index in [-0.39, 0.29) is 0 Å². The number of benzene rings is 1. The van der Waals surface area contributed by atoms with Gasteiger partial charge in [0.15, 0.2) is 0 Å². The molecule has 0 bridgehead atoms. The Morgan fingerprint density at radius 1 is 1.38 bits per heavy atom. The molecule has 0 spiro atoms. The van der Waals surface area contributed by atoms with Gasteiger partial charge in [-0.1, -0.05) is 43.2 Å². The predicted molar refractivity (Wildman–Crippen MR) is 54.0 cm³/mol. The lowest BCUT2D eigenvalue weighted by atomic mass is 9.99. The fraction of sp³-hybridized carbons (Fsp3) is 0.400. The molecule has 0 aliphatic heterocycles. The summed E-state index contributed by atoms with van der Waals surface area (Å²) < 4.78 is 0. The van der Waals surface area contributed by atoms with Crippen molar-refractivity contribution in [1.82, 2.24) is 0 Å². The van der Waals surface area contributed by atoms with Crippen LogP contribution in [0.25, 0.3) is 10.4 Å². The fourth-order valence-corrected chi connectivity index (χ4v) is 1.16. The van der Waals surface area contributed by atoms with Crippen molar-refractivity contribution in [3.05, 3.63) is 40.3 Å². The zero-order chi connectivity index (χ0) is 9.68. The van der Waals surface area contributed by atoms with E-state index in [1.54, 1.807) is 0 Å². The second kappa shape index (κ2) is 4.53. The fourth-order valence-electron chi connectivity index (χ4n) is 1.16. The third kappa shape index (κ3) is 2.49. The number of hydrogen-bond acceptors (Lipinski definition) is 1. The van der Waals surface area contributed by atoms with Gasteiger partial charge in [0, 0.05) is 10.6 Å². The van der Waals surface area contributed by atoms with Crippen molar-refractivity contribution in [2.24, 2.45) is 5.11 Å². The first-order valence-electron chi connectivity index (χ1n) is 4.43. The van der Waals surface area contributed by atoms with Crippen molar-refractivity contribution in [2.75, 3.05) is 0 Å². The maximum atomic E-state index is 8.20. The van der Waals surface area contributed by atoms with Gasteiger partial charge in [-0.15, -0.1) is 0 Å². The number of hydrogen-bond donors (Lipinski definition) is 0. The van der Waals surface area contributed by atoms with Crippen molar-refractivity contribution in [3.63, 3.8) is 0 Å². The largest absolute Gasteiger partial charge is 0.0648 e. The van der Waals surface area contributed by atoms with Crippen LogP contribution in [0.3, 0.4) is 0 Å².